The number of nitrogens with zero attached hydrogens (tertiary/aromatic N) is 3. The lowest BCUT2D eigenvalue weighted by molar-refractivity contribution is -0.123. The van der Waals surface area contributed by atoms with Crippen LogP contribution in [-0.4, -0.2) is 15.7 Å². The van der Waals surface area contributed by atoms with Crippen LogP contribution in [0.25, 0.3) is 0 Å². The minimum Gasteiger partial charge on any atom is -0.324 e. The Kier molecular flexibility index (Phi) is 4.32. The van der Waals surface area contributed by atoms with Gasteiger partial charge in [0.05, 0.1) is 21.4 Å². The van der Waals surface area contributed by atoms with E-state index < -0.39 is 5.54 Å². The zero-order chi connectivity index (χ0) is 15.6. The molecule has 5 nitrogen and oxygen atoms in total. The second-order valence-electron chi connectivity index (χ2n) is 5.26. The van der Waals surface area contributed by atoms with E-state index in [-0.39, 0.29) is 5.91 Å². The SMILES string of the molecule is Cc1cc(NC(=O)C(C)(C)n2cc(I)cn2)ccc1C#N. The summed E-state index contributed by atoms with van der Waals surface area (Å²) in [6.07, 6.45) is 3.53. The van der Waals surface area contributed by atoms with Gasteiger partial charge in [-0.05, 0) is 67.1 Å². The quantitative estimate of drug-likeness (QED) is 0.814. The highest BCUT2D eigenvalue weighted by molar-refractivity contribution is 14.1. The molecule has 0 aliphatic carbocycles. The first kappa shape index (κ1) is 15.5. The normalized spacial score (nSPS) is 11.0. The molecule has 0 spiro atoms. The number of hydrogen-bond donors (Lipinski definition) is 1. The van der Waals surface area contributed by atoms with Crippen LogP contribution in [0.1, 0.15) is 25.0 Å². The molecule has 1 aromatic heterocycles. The predicted molar refractivity (Wildman–Crippen MR) is 88.8 cm³/mol. The van der Waals surface area contributed by atoms with E-state index in [1.807, 2.05) is 27.0 Å². The summed E-state index contributed by atoms with van der Waals surface area (Å²) in [5.74, 6) is -0.161. The molecule has 2 aromatic rings. The Morgan fingerprint density at radius 2 is 2.19 bits per heavy atom. The molecule has 0 saturated heterocycles. The molecule has 0 atom stereocenters. The Morgan fingerprint density at radius 3 is 2.71 bits per heavy atom. The van der Waals surface area contributed by atoms with Gasteiger partial charge in [-0.2, -0.15) is 10.4 Å². The fourth-order valence-corrected chi connectivity index (χ4v) is 2.25. The Bertz CT molecular complexity index is 728. The van der Waals surface area contributed by atoms with E-state index in [1.54, 1.807) is 29.1 Å². The van der Waals surface area contributed by atoms with Gasteiger partial charge < -0.3 is 5.32 Å². The van der Waals surface area contributed by atoms with E-state index in [0.29, 0.717) is 11.3 Å². The molecule has 1 amide bonds. The van der Waals surface area contributed by atoms with Crippen molar-refractivity contribution >= 4 is 34.2 Å². The number of amides is 1. The molecule has 0 bridgehead atoms. The molecule has 0 unspecified atom stereocenters. The first-order valence-corrected chi connectivity index (χ1v) is 7.45. The number of carbonyl (C=O) groups is 1. The van der Waals surface area contributed by atoms with Crippen molar-refractivity contribution in [2.24, 2.45) is 0 Å². The summed E-state index contributed by atoms with van der Waals surface area (Å²) in [6, 6.07) is 7.33. The van der Waals surface area contributed by atoms with Crippen molar-refractivity contribution in [1.82, 2.24) is 9.78 Å². The Labute approximate surface area is 137 Å². The summed E-state index contributed by atoms with van der Waals surface area (Å²) in [7, 11) is 0. The maximum Gasteiger partial charge on any atom is 0.251 e. The highest BCUT2D eigenvalue weighted by Crippen LogP contribution is 2.20. The van der Waals surface area contributed by atoms with Gasteiger partial charge in [0.15, 0.2) is 0 Å². The number of benzene rings is 1. The molecule has 2 rings (SSSR count). The van der Waals surface area contributed by atoms with Crippen LogP contribution >= 0.6 is 22.6 Å². The fourth-order valence-electron chi connectivity index (χ4n) is 1.86. The van der Waals surface area contributed by atoms with Crippen LogP contribution in [-0.2, 0) is 10.3 Å². The summed E-state index contributed by atoms with van der Waals surface area (Å²) in [6.45, 7) is 5.46. The average molecular weight is 394 g/mol. The van der Waals surface area contributed by atoms with E-state index >= 15 is 0 Å². The Hall–Kier alpha value is -1.88. The molecule has 0 aliphatic heterocycles. The third-order valence-electron chi connectivity index (χ3n) is 3.28. The average Bonchev–Trinajstić information content (AvgIpc) is 2.86. The van der Waals surface area contributed by atoms with Crippen LogP contribution in [0.15, 0.2) is 30.6 Å². The van der Waals surface area contributed by atoms with Crippen LogP contribution in [0.2, 0.25) is 0 Å². The number of nitrogens with one attached hydrogen (secondary N) is 1. The van der Waals surface area contributed by atoms with Gasteiger partial charge in [-0.1, -0.05) is 0 Å². The van der Waals surface area contributed by atoms with Gasteiger partial charge in [-0.3, -0.25) is 9.48 Å². The summed E-state index contributed by atoms with van der Waals surface area (Å²) in [5.41, 5.74) is 1.31. The van der Waals surface area contributed by atoms with Crippen LogP contribution < -0.4 is 5.32 Å². The number of aryl methyl sites for hydroxylation is 1. The van der Waals surface area contributed by atoms with E-state index in [0.717, 1.165) is 9.13 Å². The highest BCUT2D eigenvalue weighted by Gasteiger charge is 2.30. The summed E-state index contributed by atoms with van der Waals surface area (Å²) in [4.78, 5) is 12.5. The van der Waals surface area contributed by atoms with Crippen molar-refractivity contribution in [1.29, 1.82) is 5.26 Å². The Morgan fingerprint density at radius 1 is 1.48 bits per heavy atom. The van der Waals surface area contributed by atoms with Crippen LogP contribution in [0.3, 0.4) is 0 Å². The molecule has 6 heteroatoms. The largest absolute Gasteiger partial charge is 0.324 e. The molecule has 0 saturated carbocycles. The van der Waals surface area contributed by atoms with Gasteiger partial charge in [0, 0.05) is 11.9 Å². The lowest BCUT2D eigenvalue weighted by Gasteiger charge is -2.24. The van der Waals surface area contributed by atoms with Gasteiger partial charge in [-0.15, -0.1) is 0 Å². The number of anilines is 1. The van der Waals surface area contributed by atoms with Gasteiger partial charge >= 0.3 is 0 Å². The van der Waals surface area contributed by atoms with Crippen molar-refractivity contribution in [2.75, 3.05) is 5.32 Å². The molecule has 0 aliphatic rings. The lowest BCUT2D eigenvalue weighted by Crippen LogP contribution is -2.40. The number of carbonyl (C=O) groups excluding carboxylic acids is 1. The highest BCUT2D eigenvalue weighted by atomic mass is 127. The number of halogens is 1. The van der Waals surface area contributed by atoms with Gasteiger partial charge in [0.1, 0.15) is 5.54 Å². The monoisotopic (exact) mass is 394 g/mol. The van der Waals surface area contributed by atoms with Crippen LogP contribution in [0.4, 0.5) is 5.69 Å². The molecule has 1 heterocycles. The van der Waals surface area contributed by atoms with Crippen molar-refractivity contribution in [3.05, 3.63) is 45.3 Å². The zero-order valence-corrected chi connectivity index (χ0v) is 14.2. The van der Waals surface area contributed by atoms with Gasteiger partial charge in [0.2, 0.25) is 0 Å². The molecular weight excluding hydrogens is 379 g/mol. The first-order chi connectivity index (χ1) is 9.84. The predicted octanol–water partition coefficient (Wildman–Crippen LogP) is 3.04. The minimum absolute atomic E-state index is 0.161. The standard InChI is InChI=1S/C15H15IN4O/c1-10-6-13(5-4-11(10)7-17)19-14(21)15(2,3)20-9-12(16)8-18-20/h4-6,8-9H,1-3H3,(H,19,21). The van der Waals surface area contributed by atoms with Gasteiger partial charge in [0.25, 0.3) is 5.91 Å². The number of nitriles is 1. The molecular formula is C15H15IN4O. The van der Waals surface area contributed by atoms with Crippen LogP contribution in [0, 0.1) is 21.8 Å². The molecule has 0 fully saturated rings. The van der Waals surface area contributed by atoms with E-state index in [2.05, 4.69) is 39.1 Å². The summed E-state index contributed by atoms with van der Waals surface area (Å²) in [5, 5.41) is 16.0. The molecule has 21 heavy (non-hydrogen) atoms. The van der Waals surface area contributed by atoms with Crippen molar-refractivity contribution < 1.29 is 4.79 Å². The van der Waals surface area contributed by atoms with E-state index in [1.165, 1.54) is 0 Å². The molecule has 0 radical (unpaired) electrons. The Balaban J connectivity index is 2.21. The van der Waals surface area contributed by atoms with E-state index in [9.17, 15) is 4.79 Å². The first-order valence-electron chi connectivity index (χ1n) is 6.37. The van der Waals surface area contributed by atoms with Crippen LogP contribution in [0.5, 0.6) is 0 Å². The topological polar surface area (TPSA) is 70.7 Å². The third kappa shape index (κ3) is 3.24. The number of rotatable bonds is 3. The second kappa shape index (κ2) is 5.85. The minimum atomic E-state index is -0.800. The molecule has 1 aromatic carbocycles. The van der Waals surface area contributed by atoms with Crippen molar-refractivity contribution in [3.8, 4) is 6.07 Å². The lowest BCUT2D eigenvalue weighted by atomic mass is 10.0. The molecule has 1 N–H and O–H groups in total. The van der Waals surface area contributed by atoms with E-state index in [4.69, 9.17) is 5.26 Å². The fraction of sp³-hybridized carbons (Fsp3) is 0.267. The maximum atomic E-state index is 12.5. The number of aromatic nitrogens is 2. The second-order valence-corrected chi connectivity index (χ2v) is 6.50. The third-order valence-corrected chi connectivity index (χ3v) is 3.84. The number of hydrogen-bond acceptors (Lipinski definition) is 3. The van der Waals surface area contributed by atoms with Crippen molar-refractivity contribution in [3.63, 3.8) is 0 Å². The van der Waals surface area contributed by atoms with Crippen molar-refractivity contribution in [2.45, 2.75) is 26.3 Å². The summed E-state index contributed by atoms with van der Waals surface area (Å²) < 4.78 is 2.61. The maximum absolute atomic E-state index is 12.5. The summed E-state index contributed by atoms with van der Waals surface area (Å²) >= 11 is 2.15. The smallest absolute Gasteiger partial charge is 0.251 e. The zero-order valence-electron chi connectivity index (χ0n) is 12.0. The molecule has 108 valence electrons. The van der Waals surface area contributed by atoms with Gasteiger partial charge in [-0.25, -0.2) is 0 Å².